The van der Waals surface area contributed by atoms with E-state index in [1.54, 1.807) is 18.2 Å². The first-order valence-corrected chi connectivity index (χ1v) is 12.7. The standard InChI is InChI=1S/C31H28F2N6/c1-31(2,33)29(23-11-24(13-26(32)12-23)30-37-16-28(36)38-30)25-17-39(18-25)27-10-21(15-35)6-7-22(27)9-19-4-3-5-20(8-19)14-34/h3-8,10-13,16,25,29H,9,17-18,36H2,1-2H3,(H,37,38)/t29-/m1/s1. The first kappa shape index (κ1) is 25.9. The second-order valence-corrected chi connectivity index (χ2v) is 10.6. The Labute approximate surface area is 226 Å². The molecule has 3 N–H and O–H groups in total. The van der Waals surface area contributed by atoms with E-state index in [0.29, 0.717) is 53.4 Å². The van der Waals surface area contributed by atoms with E-state index in [2.05, 4.69) is 27.0 Å². The number of alkyl halides is 1. The summed E-state index contributed by atoms with van der Waals surface area (Å²) in [5, 5.41) is 18.8. The molecule has 8 heteroatoms. The number of nitrogens with one attached hydrogen (secondary N) is 1. The minimum atomic E-state index is -1.61. The number of anilines is 2. The van der Waals surface area contributed by atoms with E-state index in [4.69, 9.17) is 5.73 Å². The van der Waals surface area contributed by atoms with Gasteiger partial charge in [0.1, 0.15) is 23.1 Å². The van der Waals surface area contributed by atoms with Gasteiger partial charge in [0, 0.05) is 36.2 Å². The number of aromatic nitrogens is 2. The lowest BCUT2D eigenvalue weighted by Crippen LogP contribution is -2.53. The fraction of sp³-hybridized carbons (Fsp3) is 0.258. The van der Waals surface area contributed by atoms with Crippen molar-refractivity contribution in [1.29, 1.82) is 10.5 Å². The quantitative estimate of drug-likeness (QED) is 0.305. The van der Waals surface area contributed by atoms with Crippen molar-refractivity contribution in [3.63, 3.8) is 0 Å². The highest BCUT2D eigenvalue weighted by molar-refractivity contribution is 5.62. The summed E-state index contributed by atoms with van der Waals surface area (Å²) in [6.45, 7) is 4.16. The van der Waals surface area contributed by atoms with E-state index in [0.717, 1.165) is 16.8 Å². The van der Waals surface area contributed by atoms with Gasteiger partial charge in [0.2, 0.25) is 0 Å². The van der Waals surface area contributed by atoms with E-state index < -0.39 is 17.4 Å². The molecule has 39 heavy (non-hydrogen) atoms. The Morgan fingerprint density at radius 3 is 2.49 bits per heavy atom. The Morgan fingerprint density at radius 2 is 1.82 bits per heavy atom. The minimum Gasteiger partial charge on any atom is -0.384 e. The number of hydrogen-bond acceptors (Lipinski definition) is 5. The number of hydrogen-bond donors (Lipinski definition) is 2. The molecule has 0 spiro atoms. The highest BCUT2D eigenvalue weighted by atomic mass is 19.1. The van der Waals surface area contributed by atoms with Gasteiger partial charge in [0.05, 0.1) is 29.5 Å². The first-order valence-electron chi connectivity index (χ1n) is 12.7. The number of halogens is 2. The monoisotopic (exact) mass is 522 g/mol. The maximum atomic E-state index is 15.7. The Morgan fingerprint density at radius 1 is 1.08 bits per heavy atom. The normalized spacial score (nSPS) is 14.4. The van der Waals surface area contributed by atoms with Crippen LogP contribution in [0.15, 0.2) is 66.9 Å². The molecule has 4 aromatic rings. The summed E-state index contributed by atoms with van der Waals surface area (Å²) in [4.78, 5) is 9.25. The van der Waals surface area contributed by atoms with Crippen molar-refractivity contribution in [2.45, 2.75) is 31.9 Å². The molecule has 3 aromatic carbocycles. The Kier molecular flexibility index (Phi) is 6.80. The summed E-state index contributed by atoms with van der Waals surface area (Å²) in [7, 11) is 0. The molecule has 1 saturated heterocycles. The lowest BCUT2D eigenvalue weighted by Gasteiger charge is -2.48. The summed E-state index contributed by atoms with van der Waals surface area (Å²) in [6, 6.07) is 21.9. The number of benzene rings is 3. The average Bonchev–Trinajstić information content (AvgIpc) is 3.31. The summed E-state index contributed by atoms with van der Waals surface area (Å²) >= 11 is 0. The van der Waals surface area contributed by atoms with Crippen LogP contribution in [0.3, 0.4) is 0 Å². The van der Waals surface area contributed by atoms with Crippen LogP contribution < -0.4 is 10.6 Å². The van der Waals surface area contributed by atoms with Crippen LogP contribution in [-0.4, -0.2) is 28.7 Å². The van der Waals surface area contributed by atoms with Crippen molar-refractivity contribution in [3.8, 4) is 23.5 Å². The van der Waals surface area contributed by atoms with Gasteiger partial charge in [-0.15, -0.1) is 0 Å². The smallest absolute Gasteiger partial charge is 0.139 e. The molecule has 0 unspecified atom stereocenters. The second kappa shape index (κ2) is 10.2. The molecule has 0 amide bonds. The third kappa shape index (κ3) is 5.46. The van der Waals surface area contributed by atoms with Crippen molar-refractivity contribution >= 4 is 11.5 Å². The third-order valence-electron chi connectivity index (χ3n) is 7.27. The number of aromatic amines is 1. The molecule has 5 rings (SSSR count). The van der Waals surface area contributed by atoms with Crippen molar-refractivity contribution in [2.24, 2.45) is 5.92 Å². The van der Waals surface area contributed by atoms with Gasteiger partial charge in [0.15, 0.2) is 0 Å². The van der Waals surface area contributed by atoms with Crippen LogP contribution in [0.1, 0.15) is 47.6 Å². The Bertz CT molecular complexity index is 1600. The number of nitrogens with two attached hydrogens (primary N) is 1. The van der Waals surface area contributed by atoms with Gasteiger partial charge in [0.25, 0.3) is 0 Å². The van der Waals surface area contributed by atoms with Crippen LogP contribution >= 0.6 is 0 Å². The van der Waals surface area contributed by atoms with Crippen LogP contribution in [0.25, 0.3) is 11.4 Å². The van der Waals surface area contributed by atoms with Crippen LogP contribution in [-0.2, 0) is 6.42 Å². The predicted octanol–water partition coefficient (Wildman–Crippen LogP) is 6.10. The molecule has 1 fully saturated rings. The van der Waals surface area contributed by atoms with Gasteiger partial charge in [-0.2, -0.15) is 10.5 Å². The van der Waals surface area contributed by atoms with E-state index in [1.807, 2.05) is 30.3 Å². The van der Waals surface area contributed by atoms with Crippen molar-refractivity contribution in [3.05, 3.63) is 100 Å². The van der Waals surface area contributed by atoms with Gasteiger partial charge in [-0.3, -0.25) is 0 Å². The molecular formula is C31H28F2N6. The Balaban J connectivity index is 1.43. The van der Waals surface area contributed by atoms with Crippen LogP contribution in [0.4, 0.5) is 20.3 Å². The van der Waals surface area contributed by atoms with Crippen LogP contribution in [0.5, 0.6) is 0 Å². The number of nitrogens with zero attached hydrogens (tertiary/aromatic N) is 4. The molecule has 196 valence electrons. The number of rotatable bonds is 7. The van der Waals surface area contributed by atoms with Crippen molar-refractivity contribution < 1.29 is 8.78 Å². The molecule has 1 atom stereocenters. The lowest BCUT2D eigenvalue weighted by atomic mass is 9.72. The molecule has 6 nitrogen and oxygen atoms in total. The van der Waals surface area contributed by atoms with E-state index in [-0.39, 0.29) is 5.92 Å². The van der Waals surface area contributed by atoms with Crippen LogP contribution in [0, 0.1) is 34.4 Å². The largest absolute Gasteiger partial charge is 0.384 e. The average molecular weight is 523 g/mol. The topological polar surface area (TPSA) is 106 Å². The number of H-pyrrole nitrogens is 1. The maximum Gasteiger partial charge on any atom is 0.139 e. The van der Waals surface area contributed by atoms with Gasteiger partial charge < -0.3 is 15.6 Å². The number of nitriles is 2. The van der Waals surface area contributed by atoms with Crippen molar-refractivity contribution in [1.82, 2.24) is 9.97 Å². The zero-order valence-corrected chi connectivity index (χ0v) is 21.7. The number of nitrogen functional groups attached to an aromatic ring is 1. The van der Waals surface area contributed by atoms with E-state index in [9.17, 15) is 14.9 Å². The molecular weight excluding hydrogens is 494 g/mol. The number of imidazole rings is 1. The Hall–Kier alpha value is -4.69. The van der Waals surface area contributed by atoms with Gasteiger partial charge in [-0.1, -0.05) is 18.2 Å². The predicted molar refractivity (Wildman–Crippen MR) is 147 cm³/mol. The first-order chi connectivity index (χ1) is 18.6. The molecule has 1 aliphatic rings. The molecule has 1 aliphatic heterocycles. The zero-order valence-electron chi connectivity index (χ0n) is 21.7. The third-order valence-corrected chi connectivity index (χ3v) is 7.27. The van der Waals surface area contributed by atoms with E-state index in [1.165, 1.54) is 32.2 Å². The molecule has 0 bridgehead atoms. The van der Waals surface area contributed by atoms with Crippen molar-refractivity contribution in [2.75, 3.05) is 23.7 Å². The van der Waals surface area contributed by atoms with Gasteiger partial charge >= 0.3 is 0 Å². The summed E-state index contributed by atoms with van der Waals surface area (Å²) in [6.07, 6.45) is 2.05. The zero-order chi connectivity index (χ0) is 27.7. The summed E-state index contributed by atoms with van der Waals surface area (Å²) in [5.41, 5.74) is 9.27. The maximum absolute atomic E-state index is 15.7. The molecule has 0 saturated carbocycles. The summed E-state index contributed by atoms with van der Waals surface area (Å²) < 4.78 is 30.4. The van der Waals surface area contributed by atoms with E-state index >= 15 is 4.39 Å². The fourth-order valence-corrected chi connectivity index (χ4v) is 5.61. The van der Waals surface area contributed by atoms with Gasteiger partial charge in [-0.25, -0.2) is 13.8 Å². The second-order valence-electron chi connectivity index (χ2n) is 10.6. The van der Waals surface area contributed by atoms with Gasteiger partial charge in [-0.05, 0) is 79.4 Å². The summed E-state index contributed by atoms with van der Waals surface area (Å²) in [5.74, 6) is -0.321. The minimum absolute atomic E-state index is 0.0816. The van der Waals surface area contributed by atoms with Crippen LogP contribution in [0.2, 0.25) is 0 Å². The lowest BCUT2D eigenvalue weighted by molar-refractivity contribution is 0.118. The molecule has 2 heterocycles. The molecule has 0 aliphatic carbocycles. The molecule has 1 aromatic heterocycles. The SMILES string of the molecule is CC(C)(F)[C@H](c1cc(F)cc(-c2ncc(N)[nH]2)c1)C1CN(c2cc(C#N)ccc2Cc2cccc(C#N)c2)C1. The highest BCUT2D eigenvalue weighted by Crippen LogP contribution is 2.44. The fourth-order valence-electron chi connectivity index (χ4n) is 5.61. The molecule has 0 radical (unpaired) electrons. The highest BCUT2D eigenvalue weighted by Gasteiger charge is 2.43.